The third kappa shape index (κ3) is 3.32. The molecule has 2 aliphatic rings. The Labute approximate surface area is 166 Å². The van der Waals surface area contributed by atoms with Gasteiger partial charge in [0.25, 0.3) is 0 Å². The Bertz CT molecular complexity index is 913. The maximum atomic E-state index is 10.3. The van der Waals surface area contributed by atoms with Crippen molar-refractivity contribution in [2.24, 2.45) is 0 Å². The lowest BCUT2D eigenvalue weighted by atomic mass is 9.81. The number of benzene rings is 2. The fourth-order valence-corrected chi connectivity index (χ4v) is 4.71. The van der Waals surface area contributed by atoms with Crippen molar-refractivity contribution in [3.8, 4) is 23.0 Å². The average molecular weight is 380 g/mol. The number of fused-ring (bicyclic) bond motifs is 2. The Balaban J connectivity index is 1.87. The normalized spacial score (nSPS) is 18.9. The van der Waals surface area contributed by atoms with E-state index in [1.807, 2.05) is 24.3 Å². The number of rotatable bonds is 3. The third-order valence-corrected chi connectivity index (χ3v) is 6.11. The van der Waals surface area contributed by atoms with Crippen molar-refractivity contribution in [3.05, 3.63) is 52.6 Å². The van der Waals surface area contributed by atoms with Gasteiger partial charge in [-0.1, -0.05) is 12.5 Å². The van der Waals surface area contributed by atoms with Crippen LogP contribution in [0.25, 0.3) is 5.57 Å². The van der Waals surface area contributed by atoms with Crippen LogP contribution < -0.4 is 9.47 Å². The standard InChI is InChI=1S/C24H28O4/c1-27-23-13-19-15(11-21(23)25)7-3-5-9-17(19)18-10-6-4-8-16-12-22(26)24(28-2)14-20(16)18/h9,11-14,18,25-26H,3-8,10H2,1-2H3. The lowest BCUT2D eigenvalue weighted by Crippen LogP contribution is -2.06. The van der Waals surface area contributed by atoms with E-state index in [-0.39, 0.29) is 17.4 Å². The van der Waals surface area contributed by atoms with Crippen molar-refractivity contribution in [2.75, 3.05) is 14.2 Å². The molecule has 0 spiro atoms. The van der Waals surface area contributed by atoms with Crippen LogP contribution >= 0.6 is 0 Å². The minimum Gasteiger partial charge on any atom is -0.504 e. The Morgan fingerprint density at radius 2 is 1.50 bits per heavy atom. The molecule has 1 unspecified atom stereocenters. The number of aryl methyl sites for hydroxylation is 2. The van der Waals surface area contributed by atoms with Gasteiger partial charge >= 0.3 is 0 Å². The molecule has 2 aromatic rings. The molecule has 0 radical (unpaired) electrons. The van der Waals surface area contributed by atoms with Gasteiger partial charge in [0.05, 0.1) is 14.2 Å². The average Bonchev–Trinajstić information content (AvgIpc) is 3.01. The van der Waals surface area contributed by atoms with Gasteiger partial charge in [-0.3, -0.25) is 0 Å². The summed E-state index contributed by atoms with van der Waals surface area (Å²) in [5.74, 6) is 1.71. The minimum atomic E-state index is 0.204. The van der Waals surface area contributed by atoms with Crippen LogP contribution in [-0.4, -0.2) is 24.4 Å². The van der Waals surface area contributed by atoms with Gasteiger partial charge < -0.3 is 19.7 Å². The van der Waals surface area contributed by atoms with Gasteiger partial charge in [0.2, 0.25) is 0 Å². The molecule has 148 valence electrons. The van der Waals surface area contributed by atoms with Gasteiger partial charge in [-0.2, -0.15) is 0 Å². The summed E-state index contributed by atoms with van der Waals surface area (Å²) in [6.07, 6.45) is 9.71. The maximum Gasteiger partial charge on any atom is 0.161 e. The van der Waals surface area contributed by atoms with Gasteiger partial charge in [-0.15, -0.1) is 0 Å². The summed E-state index contributed by atoms with van der Waals surface area (Å²) in [4.78, 5) is 0. The largest absolute Gasteiger partial charge is 0.504 e. The summed E-state index contributed by atoms with van der Waals surface area (Å²) in [5, 5.41) is 20.5. The predicted octanol–water partition coefficient (Wildman–Crippen LogP) is 5.34. The topological polar surface area (TPSA) is 58.9 Å². The zero-order chi connectivity index (χ0) is 19.7. The lowest BCUT2D eigenvalue weighted by molar-refractivity contribution is 0.372. The van der Waals surface area contributed by atoms with Crippen molar-refractivity contribution < 1.29 is 19.7 Å². The fourth-order valence-electron chi connectivity index (χ4n) is 4.71. The number of phenolic OH excluding ortho intramolecular Hbond substituents is 2. The van der Waals surface area contributed by atoms with Gasteiger partial charge in [0.1, 0.15) is 0 Å². The van der Waals surface area contributed by atoms with E-state index < -0.39 is 0 Å². The van der Waals surface area contributed by atoms with E-state index in [4.69, 9.17) is 9.47 Å². The van der Waals surface area contributed by atoms with E-state index in [0.29, 0.717) is 11.5 Å². The Morgan fingerprint density at radius 1 is 0.821 bits per heavy atom. The molecule has 0 aromatic heterocycles. The molecule has 4 nitrogen and oxygen atoms in total. The van der Waals surface area contributed by atoms with E-state index >= 15 is 0 Å². The van der Waals surface area contributed by atoms with Gasteiger partial charge in [-0.25, -0.2) is 0 Å². The van der Waals surface area contributed by atoms with Crippen LogP contribution in [0.15, 0.2) is 30.3 Å². The number of aromatic hydroxyl groups is 2. The molecule has 1 atom stereocenters. The van der Waals surface area contributed by atoms with Gasteiger partial charge in [0, 0.05) is 5.92 Å². The van der Waals surface area contributed by atoms with Gasteiger partial charge in [-0.05, 0) is 90.6 Å². The van der Waals surface area contributed by atoms with Crippen LogP contribution in [0.5, 0.6) is 23.0 Å². The molecule has 2 aromatic carbocycles. The highest BCUT2D eigenvalue weighted by Crippen LogP contribution is 2.47. The van der Waals surface area contributed by atoms with Crippen LogP contribution in [0.1, 0.15) is 60.3 Å². The molecule has 0 fully saturated rings. The summed E-state index contributed by atoms with van der Waals surface area (Å²) in [7, 11) is 3.19. The molecular formula is C24H28O4. The first kappa shape index (κ1) is 18.7. The number of allylic oxidation sites excluding steroid dienone is 2. The number of phenols is 2. The first-order valence-corrected chi connectivity index (χ1v) is 10.1. The summed E-state index contributed by atoms with van der Waals surface area (Å²) in [6, 6.07) is 7.75. The van der Waals surface area contributed by atoms with Gasteiger partial charge in [0.15, 0.2) is 23.0 Å². The maximum absolute atomic E-state index is 10.3. The predicted molar refractivity (Wildman–Crippen MR) is 111 cm³/mol. The molecule has 4 heteroatoms. The van der Waals surface area contributed by atoms with E-state index in [0.717, 1.165) is 44.9 Å². The summed E-state index contributed by atoms with van der Waals surface area (Å²) in [5.41, 5.74) is 6.12. The van der Waals surface area contributed by atoms with Crippen molar-refractivity contribution in [3.63, 3.8) is 0 Å². The summed E-state index contributed by atoms with van der Waals surface area (Å²) >= 11 is 0. The molecule has 0 heterocycles. The van der Waals surface area contributed by atoms with Crippen LogP contribution in [0.3, 0.4) is 0 Å². The molecule has 2 N–H and O–H groups in total. The van der Waals surface area contributed by atoms with E-state index in [1.54, 1.807) is 14.2 Å². The number of methoxy groups -OCH3 is 2. The molecule has 28 heavy (non-hydrogen) atoms. The van der Waals surface area contributed by atoms with E-state index in [1.165, 1.54) is 27.8 Å². The van der Waals surface area contributed by atoms with Crippen molar-refractivity contribution in [1.82, 2.24) is 0 Å². The first-order valence-electron chi connectivity index (χ1n) is 10.1. The Hall–Kier alpha value is -2.62. The quantitative estimate of drug-likeness (QED) is 0.705. The highest BCUT2D eigenvalue weighted by atomic mass is 16.5. The molecule has 0 aliphatic heterocycles. The highest BCUT2D eigenvalue weighted by Gasteiger charge is 2.27. The van der Waals surface area contributed by atoms with Crippen molar-refractivity contribution in [2.45, 2.75) is 50.9 Å². The van der Waals surface area contributed by atoms with Crippen LogP contribution in [0.4, 0.5) is 0 Å². The molecule has 4 rings (SSSR count). The Morgan fingerprint density at radius 3 is 2.25 bits per heavy atom. The molecule has 2 aliphatic carbocycles. The van der Waals surface area contributed by atoms with Crippen molar-refractivity contribution in [1.29, 1.82) is 0 Å². The molecule has 0 amide bonds. The second-order valence-corrected chi connectivity index (χ2v) is 7.75. The summed E-state index contributed by atoms with van der Waals surface area (Å²) < 4.78 is 10.8. The molecule has 0 saturated carbocycles. The SMILES string of the molecule is COc1cc2c(cc1O)CCCC=C2C1CCCCc2cc(O)c(OC)cc21. The van der Waals surface area contributed by atoms with E-state index in [9.17, 15) is 10.2 Å². The summed E-state index contributed by atoms with van der Waals surface area (Å²) in [6.45, 7) is 0. The zero-order valence-corrected chi connectivity index (χ0v) is 16.6. The molecular weight excluding hydrogens is 352 g/mol. The van der Waals surface area contributed by atoms with Crippen LogP contribution in [0, 0.1) is 0 Å². The molecule has 0 saturated heterocycles. The smallest absolute Gasteiger partial charge is 0.161 e. The highest BCUT2D eigenvalue weighted by molar-refractivity contribution is 5.77. The number of hydrogen-bond acceptors (Lipinski definition) is 4. The third-order valence-electron chi connectivity index (χ3n) is 6.11. The monoisotopic (exact) mass is 380 g/mol. The first-order chi connectivity index (χ1) is 13.6. The van der Waals surface area contributed by atoms with Crippen LogP contribution in [-0.2, 0) is 12.8 Å². The zero-order valence-electron chi connectivity index (χ0n) is 16.6. The minimum absolute atomic E-state index is 0.204. The Kier molecular flexibility index (Phi) is 5.21. The van der Waals surface area contributed by atoms with Crippen molar-refractivity contribution >= 4 is 5.57 Å². The number of ether oxygens (including phenoxy) is 2. The van der Waals surface area contributed by atoms with E-state index in [2.05, 4.69) is 6.08 Å². The number of hydrogen-bond donors (Lipinski definition) is 2. The van der Waals surface area contributed by atoms with Crippen LogP contribution in [0.2, 0.25) is 0 Å². The lowest BCUT2D eigenvalue weighted by Gasteiger charge is -2.24. The second-order valence-electron chi connectivity index (χ2n) is 7.75. The molecule has 0 bridgehead atoms. The second kappa shape index (κ2) is 7.78. The fraction of sp³-hybridized carbons (Fsp3) is 0.417.